The lowest BCUT2D eigenvalue weighted by atomic mass is 10.1. The van der Waals surface area contributed by atoms with Crippen LogP contribution in [0.25, 0.3) is 0 Å². The molecule has 0 aliphatic rings. The molecule has 222 valence electrons. The summed E-state index contributed by atoms with van der Waals surface area (Å²) < 4.78 is 34.7. The summed E-state index contributed by atoms with van der Waals surface area (Å²) in [6, 6.07) is 12.6. The maximum atomic E-state index is 14.6. The van der Waals surface area contributed by atoms with E-state index in [-0.39, 0.29) is 39.6 Å². The molecular formula is C28H29ClF2N6O5. The van der Waals surface area contributed by atoms with Gasteiger partial charge in [-0.15, -0.1) is 0 Å². The van der Waals surface area contributed by atoms with E-state index in [0.717, 1.165) is 18.3 Å². The first-order valence-electron chi connectivity index (χ1n) is 12.7. The fraction of sp³-hybridized carbons (Fsp3) is 0.321. The lowest BCUT2D eigenvalue weighted by Crippen LogP contribution is -2.43. The Kier molecular flexibility index (Phi) is 10.1. The van der Waals surface area contributed by atoms with Gasteiger partial charge in [0.05, 0.1) is 12.0 Å². The van der Waals surface area contributed by atoms with Crippen LogP contribution in [0, 0.1) is 21.7 Å². The third kappa shape index (κ3) is 8.65. The summed E-state index contributed by atoms with van der Waals surface area (Å²) in [5.41, 5.74) is -0.659. The number of anilines is 1. The number of carbonyl (C=O) groups excluding carboxylic acids is 2. The fourth-order valence-electron chi connectivity index (χ4n) is 3.81. The zero-order valence-corrected chi connectivity index (χ0v) is 23.8. The number of nitriles is 1. The van der Waals surface area contributed by atoms with E-state index < -0.39 is 42.2 Å². The van der Waals surface area contributed by atoms with Crippen LogP contribution in [0.5, 0.6) is 0 Å². The summed E-state index contributed by atoms with van der Waals surface area (Å²) >= 11 is 6.11. The maximum absolute atomic E-state index is 14.6. The van der Waals surface area contributed by atoms with Crippen molar-refractivity contribution >= 4 is 29.4 Å². The summed E-state index contributed by atoms with van der Waals surface area (Å²) in [6.07, 6.45) is -0.234. The highest BCUT2D eigenvalue weighted by Crippen LogP contribution is 2.25. The molecule has 0 spiro atoms. The van der Waals surface area contributed by atoms with Gasteiger partial charge in [-0.25, -0.2) is 9.52 Å². The number of nitrogens with zero attached hydrogens (tertiary/aromatic N) is 3. The Morgan fingerprint density at radius 2 is 1.76 bits per heavy atom. The Morgan fingerprint density at radius 1 is 1.05 bits per heavy atom. The van der Waals surface area contributed by atoms with Crippen LogP contribution in [0.3, 0.4) is 0 Å². The number of amides is 2. The predicted octanol–water partition coefficient (Wildman–Crippen LogP) is 3.57. The molecule has 0 unspecified atom stereocenters. The van der Waals surface area contributed by atoms with Crippen LogP contribution in [0.1, 0.15) is 48.8 Å². The molecule has 0 fully saturated rings. The smallest absolute Gasteiger partial charge is 0.407 e. The predicted molar refractivity (Wildman–Crippen MR) is 148 cm³/mol. The molecule has 0 atom stereocenters. The summed E-state index contributed by atoms with van der Waals surface area (Å²) in [5, 5.41) is 42.1. The number of hydrogen-bond acceptors (Lipinski definition) is 7. The number of nitrogens with one attached hydrogen (secondary N) is 3. The number of carbonyl (C=O) groups is 2. The summed E-state index contributed by atoms with van der Waals surface area (Å²) in [5.74, 6) is -4.61. The van der Waals surface area contributed by atoms with Crippen LogP contribution in [-0.4, -0.2) is 24.1 Å². The molecule has 42 heavy (non-hydrogen) atoms. The van der Waals surface area contributed by atoms with Crippen molar-refractivity contribution in [2.75, 3.05) is 11.9 Å². The molecule has 0 bridgehead atoms. The second kappa shape index (κ2) is 13.3. The Labute approximate surface area is 245 Å². The quantitative estimate of drug-likeness (QED) is 0.236. The van der Waals surface area contributed by atoms with Crippen LogP contribution in [0.4, 0.5) is 19.4 Å². The molecular weight excluding hydrogens is 574 g/mol. The minimum absolute atomic E-state index is 0.0259. The number of pyridine rings is 2. The molecule has 0 radical (unpaired) electrons. The van der Waals surface area contributed by atoms with Gasteiger partial charge in [0, 0.05) is 36.3 Å². The van der Waals surface area contributed by atoms with E-state index in [9.17, 15) is 34.0 Å². The highest BCUT2D eigenvalue weighted by molar-refractivity contribution is 6.30. The number of halogens is 3. The van der Waals surface area contributed by atoms with E-state index in [4.69, 9.17) is 16.3 Å². The molecule has 1 aromatic carbocycles. The SMILES string of the molecule is CC(C)(C)OC(=O)NCc1ccc(Cl)cc1CNC(=O)Cc1c(C#N)ccc(NCC(F)(F)c2cccc[n+]2[O-])[n+]1[O-]. The minimum Gasteiger partial charge on any atom is -0.710 e. The molecule has 0 aliphatic heterocycles. The number of aromatic nitrogens is 2. The lowest BCUT2D eigenvalue weighted by Gasteiger charge is -2.20. The summed E-state index contributed by atoms with van der Waals surface area (Å²) in [4.78, 5) is 24.8. The number of alkyl carbamates (subject to hydrolysis) is 1. The van der Waals surface area contributed by atoms with Crippen molar-refractivity contribution in [1.82, 2.24) is 10.6 Å². The van der Waals surface area contributed by atoms with Crippen molar-refractivity contribution in [3.63, 3.8) is 0 Å². The third-order valence-electron chi connectivity index (χ3n) is 5.79. The van der Waals surface area contributed by atoms with Gasteiger partial charge in [0.2, 0.25) is 5.91 Å². The van der Waals surface area contributed by atoms with Gasteiger partial charge in [0.1, 0.15) is 17.4 Å². The second-order valence-corrected chi connectivity index (χ2v) is 10.6. The van der Waals surface area contributed by atoms with Crippen molar-refractivity contribution in [1.29, 1.82) is 5.26 Å². The first-order valence-corrected chi connectivity index (χ1v) is 13.0. The minimum atomic E-state index is -3.63. The Balaban J connectivity index is 1.70. The Morgan fingerprint density at radius 3 is 2.43 bits per heavy atom. The molecule has 11 nitrogen and oxygen atoms in total. The third-order valence-corrected chi connectivity index (χ3v) is 6.02. The molecule has 2 heterocycles. The van der Waals surface area contributed by atoms with Gasteiger partial charge in [-0.2, -0.15) is 18.8 Å². The van der Waals surface area contributed by atoms with Gasteiger partial charge in [-0.05, 0) is 56.2 Å². The van der Waals surface area contributed by atoms with E-state index in [1.54, 1.807) is 39.0 Å². The van der Waals surface area contributed by atoms with Crippen molar-refractivity contribution in [2.24, 2.45) is 0 Å². The van der Waals surface area contributed by atoms with Gasteiger partial charge >= 0.3 is 12.0 Å². The average molecular weight is 603 g/mol. The molecule has 2 aromatic heterocycles. The molecule has 0 aliphatic carbocycles. The maximum Gasteiger partial charge on any atom is 0.407 e. The van der Waals surface area contributed by atoms with Crippen LogP contribution in [0.2, 0.25) is 5.02 Å². The van der Waals surface area contributed by atoms with Gasteiger partial charge in [0.25, 0.3) is 11.5 Å². The second-order valence-electron chi connectivity index (χ2n) is 10.2. The Bertz CT molecular complexity index is 1510. The van der Waals surface area contributed by atoms with Gasteiger partial charge in [0.15, 0.2) is 12.7 Å². The topological polar surface area (TPSA) is 157 Å². The molecule has 0 saturated carbocycles. The molecule has 3 N–H and O–H groups in total. The molecule has 3 aromatic rings. The molecule has 0 saturated heterocycles. The Hall–Kier alpha value is -4.70. The number of alkyl halides is 2. The fourth-order valence-corrected chi connectivity index (χ4v) is 4.00. The van der Waals surface area contributed by atoms with Crippen LogP contribution >= 0.6 is 11.6 Å². The number of benzene rings is 1. The average Bonchev–Trinajstić information content (AvgIpc) is 2.91. The lowest BCUT2D eigenvalue weighted by molar-refractivity contribution is -0.624. The molecule has 3 rings (SSSR count). The van der Waals surface area contributed by atoms with Crippen molar-refractivity contribution < 1.29 is 32.6 Å². The zero-order chi connectivity index (χ0) is 31.1. The van der Waals surface area contributed by atoms with E-state index in [1.807, 2.05) is 6.07 Å². The van der Waals surface area contributed by atoms with Gasteiger partial charge < -0.3 is 25.8 Å². The molecule has 14 heteroatoms. The highest BCUT2D eigenvalue weighted by Gasteiger charge is 2.41. The standard InChI is InChI=1S/C28H29ClF2N6O5/c1-27(2,3)42-26(39)34-15-19-7-9-21(29)12-20(19)16-33-25(38)13-22-18(14-32)8-10-24(37(22)41)35-17-28(30,31)23-6-4-5-11-36(23)40/h4-12,35H,13,15-17H2,1-3H3,(H,33,38)(H,34,39). The number of rotatable bonds is 10. The van der Waals surface area contributed by atoms with Crippen molar-refractivity contribution in [3.05, 3.63) is 98.2 Å². The van der Waals surface area contributed by atoms with E-state index in [2.05, 4.69) is 16.0 Å². The molecule has 2 amide bonds. The van der Waals surface area contributed by atoms with E-state index in [0.29, 0.717) is 16.1 Å². The largest absolute Gasteiger partial charge is 0.710 e. The van der Waals surface area contributed by atoms with E-state index in [1.165, 1.54) is 18.2 Å². The first kappa shape index (κ1) is 31.8. The van der Waals surface area contributed by atoms with Crippen molar-refractivity contribution in [2.45, 2.75) is 51.8 Å². The zero-order valence-electron chi connectivity index (χ0n) is 23.0. The van der Waals surface area contributed by atoms with E-state index >= 15 is 0 Å². The highest BCUT2D eigenvalue weighted by atomic mass is 35.5. The number of hydrogen-bond donors (Lipinski definition) is 3. The van der Waals surface area contributed by atoms with Crippen LogP contribution < -0.4 is 25.4 Å². The first-order chi connectivity index (χ1) is 19.7. The van der Waals surface area contributed by atoms with Crippen LogP contribution in [-0.2, 0) is 35.0 Å². The number of ether oxygens (including phenoxy) is 1. The monoisotopic (exact) mass is 602 g/mol. The normalized spacial score (nSPS) is 11.4. The summed E-state index contributed by atoms with van der Waals surface area (Å²) in [7, 11) is 0. The summed E-state index contributed by atoms with van der Waals surface area (Å²) in [6.45, 7) is 4.16. The van der Waals surface area contributed by atoms with Gasteiger partial charge in [-0.3, -0.25) is 10.1 Å². The van der Waals surface area contributed by atoms with Crippen molar-refractivity contribution in [3.8, 4) is 6.07 Å². The van der Waals surface area contributed by atoms with Crippen LogP contribution in [0.15, 0.2) is 54.7 Å². The van der Waals surface area contributed by atoms with Gasteiger partial charge in [-0.1, -0.05) is 17.7 Å².